The lowest BCUT2D eigenvalue weighted by Crippen LogP contribution is -2.31. The second kappa shape index (κ2) is 7.91. The molecule has 0 atom stereocenters. The Balaban J connectivity index is 2.49. The average Bonchev–Trinajstić information content (AvgIpc) is 2.59. The lowest BCUT2D eigenvalue weighted by Gasteiger charge is -2.20. The van der Waals surface area contributed by atoms with E-state index < -0.39 is 36.6 Å². The summed E-state index contributed by atoms with van der Waals surface area (Å²) in [7, 11) is -8.27. The van der Waals surface area contributed by atoms with Gasteiger partial charge in [-0.15, -0.1) is 0 Å². The van der Waals surface area contributed by atoms with Crippen LogP contribution in [0.4, 0.5) is 14.5 Å². The van der Waals surface area contributed by atoms with Crippen LogP contribution in [0.25, 0.3) is 0 Å². The molecular weight excluding hydrogens is 398 g/mol. The minimum Gasteiger partial charge on any atom is -0.279 e. The van der Waals surface area contributed by atoms with Gasteiger partial charge in [0.05, 0.1) is 10.6 Å². The Morgan fingerprint density at radius 1 is 0.926 bits per heavy atom. The van der Waals surface area contributed by atoms with Crippen LogP contribution in [0.5, 0.6) is 0 Å². The number of aryl methyl sites for hydroxylation is 1. The molecule has 0 aliphatic heterocycles. The molecule has 148 valence electrons. The zero-order valence-corrected chi connectivity index (χ0v) is 16.7. The van der Waals surface area contributed by atoms with Gasteiger partial charge in [-0.3, -0.25) is 4.72 Å². The van der Waals surface area contributed by atoms with Gasteiger partial charge in [0.15, 0.2) is 0 Å². The summed E-state index contributed by atoms with van der Waals surface area (Å²) in [6.07, 6.45) is 0. The van der Waals surface area contributed by atoms with Gasteiger partial charge in [0.1, 0.15) is 16.5 Å². The van der Waals surface area contributed by atoms with E-state index in [1.165, 1.54) is 16.4 Å². The molecule has 10 heteroatoms. The Hall–Kier alpha value is -2.04. The topological polar surface area (TPSA) is 83.6 Å². The van der Waals surface area contributed by atoms with Crippen LogP contribution in [-0.4, -0.2) is 34.2 Å². The highest BCUT2D eigenvalue weighted by Gasteiger charge is 2.25. The Morgan fingerprint density at radius 2 is 1.56 bits per heavy atom. The molecule has 0 aliphatic rings. The van der Waals surface area contributed by atoms with Crippen LogP contribution < -0.4 is 4.72 Å². The fraction of sp³-hybridized carbons (Fsp3) is 0.294. The number of nitrogens with one attached hydrogen (secondary N) is 1. The van der Waals surface area contributed by atoms with E-state index in [4.69, 9.17) is 0 Å². The molecule has 0 saturated heterocycles. The van der Waals surface area contributed by atoms with Crippen LogP contribution in [0.2, 0.25) is 0 Å². The second-order valence-electron chi connectivity index (χ2n) is 5.75. The first-order chi connectivity index (χ1) is 12.5. The molecule has 27 heavy (non-hydrogen) atoms. The van der Waals surface area contributed by atoms with Gasteiger partial charge in [0.25, 0.3) is 10.0 Å². The van der Waals surface area contributed by atoms with Crippen LogP contribution in [0, 0.1) is 18.6 Å². The van der Waals surface area contributed by atoms with E-state index >= 15 is 0 Å². The van der Waals surface area contributed by atoms with Gasteiger partial charge in [-0.05, 0) is 42.8 Å². The molecule has 2 rings (SSSR count). The quantitative estimate of drug-likeness (QED) is 0.749. The van der Waals surface area contributed by atoms with Gasteiger partial charge in [0.2, 0.25) is 10.0 Å². The number of halogens is 2. The summed E-state index contributed by atoms with van der Waals surface area (Å²) >= 11 is 0. The van der Waals surface area contributed by atoms with Crippen LogP contribution in [-0.2, 0) is 20.0 Å². The number of anilines is 1. The highest BCUT2D eigenvalue weighted by atomic mass is 32.2. The number of sulfonamides is 2. The zero-order valence-electron chi connectivity index (χ0n) is 15.0. The summed E-state index contributed by atoms with van der Waals surface area (Å²) in [5.41, 5.74) is 0.358. The number of benzene rings is 2. The maximum Gasteiger partial charge on any atom is 0.264 e. The van der Waals surface area contributed by atoms with Crippen molar-refractivity contribution in [2.75, 3.05) is 17.8 Å². The largest absolute Gasteiger partial charge is 0.279 e. The van der Waals surface area contributed by atoms with E-state index in [9.17, 15) is 25.6 Å². The Kier molecular flexibility index (Phi) is 6.23. The van der Waals surface area contributed by atoms with Crippen LogP contribution >= 0.6 is 0 Å². The van der Waals surface area contributed by atoms with Crippen molar-refractivity contribution in [3.63, 3.8) is 0 Å². The van der Waals surface area contributed by atoms with Crippen molar-refractivity contribution in [1.82, 2.24) is 4.31 Å². The van der Waals surface area contributed by atoms with E-state index in [1.54, 1.807) is 20.8 Å². The summed E-state index contributed by atoms with van der Waals surface area (Å²) in [6.45, 7) is 5.47. The molecule has 6 nitrogen and oxygen atoms in total. The van der Waals surface area contributed by atoms with Gasteiger partial charge >= 0.3 is 0 Å². The van der Waals surface area contributed by atoms with Crippen LogP contribution in [0.15, 0.2) is 46.2 Å². The Morgan fingerprint density at radius 3 is 2.15 bits per heavy atom. The molecule has 0 unspecified atom stereocenters. The molecule has 0 heterocycles. The number of nitrogens with zero attached hydrogens (tertiary/aromatic N) is 1. The summed E-state index contributed by atoms with van der Waals surface area (Å²) in [6, 6.07) is 6.02. The lowest BCUT2D eigenvalue weighted by molar-refractivity contribution is 0.445. The SMILES string of the molecule is CCN(CC)S(=O)(=O)c1cc(NS(=O)(=O)c2cc(F)ccc2F)ccc1C. The Bertz CT molecular complexity index is 1050. The van der Waals surface area contributed by atoms with E-state index in [1.807, 2.05) is 0 Å². The van der Waals surface area contributed by atoms with Crippen molar-refractivity contribution < 1.29 is 25.6 Å². The minimum absolute atomic E-state index is 0.0638. The zero-order chi connectivity index (χ0) is 20.4. The molecule has 0 amide bonds. The fourth-order valence-electron chi connectivity index (χ4n) is 2.54. The summed E-state index contributed by atoms with van der Waals surface area (Å²) in [5.74, 6) is -2.03. The maximum atomic E-state index is 13.8. The number of hydrogen-bond acceptors (Lipinski definition) is 4. The smallest absolute Gasteiger partial charge is 0.264 e. The first kappa shape index (κ1) is 21.3. The molecule has 1 N–H and O–H groups in total. The molecule has 0 bridgehead atoms. The highest BCUT2D eigenvalue weighted by molar-refractivity contribution is 7.92. The normalized spacial score (nSPS) is 12.4. The molecule has 2 aromatic rings. The molecule has 0 aromatic heterocycles. The van der Waals surface area contributed by atoms with Gasteiger partial charge in [-0.25, -0.2) is 25.6 Å². The highest BCUT2D eigenvalue weighted by Crippen LogP contribution is 2.26. The summed E-state index contributed by atoms with van der Waals surface area (Å²) < 4.78 is 80.7. The van der Waals surface area contributed by atoms with E-state index in [2.05, 4.69) is 4.72 Å². The first-order valence-electron chi connectivity index (χ1n) is 8.11. The van der Waals surface area contributed by atoms with Crippen molar-refractivity contribution in [2.45, 2.75) is 30.6 Å². The minimum atomic E-state index is -4.45. The molecule has 0 saturated carbocycles. The predicted molar refractivity (Wildman–Crippen MR) is 98.5 cm³/mol. The van der Waals surface area contributed by atoms with E-state index in [0.29, 0.717) is 17.7 Å². The van der Waals surface area contributed by atoms with Crippen LogP contribution in [0.1, 0.15) is 19.4 Å². The number of hydrogen-bond donors (Lipinski definition) is 1. The molecule has 0 fully saturated rings. The van der Waals surface area contributed by atoms with Gasteiger partial charge in [0, 0.05) is 13.1 Å². The van der Waals surface area contributed by atoms with E-state index in [0.717, 1.165) is 12.1 Å². The average molecular weight is 418 g/mol. The molecule has 0 spiro atoms. The molecule has 2 aromatic carbocycles. The monoisotopic (exact) mass is 418 g/mol. The lowest BCUT2D eigenvalue weighted by atomic mass is 10.2. The molecule has 0 aliphatic carbocycles. The van der Waals surface area contributed by atoms with Gasteiger partial charge in [-0.1, -0.05) is 19.9 Å². The fourth-order valence-corrected chi connectivity index (χ4v) is 5.39. The van der Waals surface area contributed by atoms with Crippen molar-refractivity contribution in [3.8, 4) is 0 Å². The van der Waals surface area contributed by atoms with Crippen molar-refractivity contribution >= 4 is 25.7 Å². The molecular formula is C17H20F2N2O4S2. The van der Waals surface area contributed by atoms with Gasteiger partial charge < -0.3 is 0 Å². The van der Waals surface area contributed by atoms with Crippen molar-refractivity contribution in [3.05, 3.63) is 53.6 Å². The van der Waals surface area contributed by atoms with Crippen molar-refractivity contribution in [2.24, 2.45) is 0 Å². The third-order valence-corrected chi connectivity index (χ3v) is 7.53. The predicted octanol–water partition coefficient (Wildman–Crippen LogP) is 3.10. The maximum absolute atomic E-state index is 13.8. The Labute approximate surface area is 157 Å². The van der Waals surface area contributed by atoms with Crippen LogP contribution in [0.3, 0.4) is 0 Å². The standard InChI is InChI=1S/C17H20F2N2O4S2/c1-4-21(5-2)27(24,25)16-11-14(8-6-12(16)3)20-26(22,23)17-10-13(18)7-9-15(17)19/h6-11,20H,4-5H2,1-3H3. The second-order valence-corrected chi connectivity index (χ2v) is 9.31. The third-order valence-electron chi connectivity index (χ3n) is 3.95. The summed E-state index contributed by atoms with van der Waals surface area (Å²) in [5, 5.41) is 0. The molecule has 0 radical (unpaired) electrons. The van der Waals surface area contributed by atoms with E-state index in [-0.39, 0.29) is 23.7 Å². The van der Waals surface area contributed by atoms with Crippen molar-refractivity contribution in [1.29, 1.82) is 0 Å². The first-order valence-corrected chi connectivity index (χ1v) is 11.0. The van der Waals surface area contributed by atoms with Gasteiger partial charge in [-0.2, -0.15) is 4.31 Å². The third kappa shape index (κ3) is 4.45. The summed E-state index contributed by atoms with van der Waals surface area (Å²) in [4.78, 5) is -0.928. The number of rotatable bonds is 7.